The smallest absolute Gasteiger partial charge is 0.408 e. The molecule has 0 heterocycles. The summed E-state index contributed by atoms with van der Waals surface area (Å²) in [4.78, 5) is 35.6. The second-order valence-corrected chi connectivity index (χ2v) is 10.8. The van der Waals surface area contributed by atoms with Crippen LogP contribution >= 0.6 is 11.8 Å². The number of aliphatic carboxylic acids is 1. The number of carbonyl (C=O) groups is 3. The SMILES string of the molecule is C.CC(C)=CCC/C(C)=C/CC/C(C)=C/CSC[C@H](NC(=O)[C@H](C)NC(=O)OC(C)(C)C)C(=O)O. The molecule has 8 heteroatoms. The predicted octanol–water partition coefficient (Wildman–Crippen LogP) is 6.26. The Labute approximate surface area is 217 Å². The normalized spacial score (nSPS) is 13.7. The lowest BCUT2D eigenvalue weighted by molar-refractivity contribution is -0.141. The van der Waals surface area contributed by atoms with Gasteiger partial charge in [0.2, 0.25) is 5.91 Å². The van der Waals surface area contributed by atoms with Gasteiger partial charge in [-0.3, -0.25) is 4.79 Å². The number of ether oxygens (including phenoxy) is 1. The highest BCUT2D eigenvalue weighted by molar-refractivity contribution is 7.99. The van der Waals surface area contributed by atoms with Gasteiger partial charge in [0.15, 0.2) is 0 Å². The van der Waals surface area contributed by atoms with Crippen LogP contribution in [0, 0.1) is 0 Å². The van der Waals surface area contributed by atoms with Crippen molar-refractivity contribution >= 4 is 29.7 Å². The molecule has 0 saturated heterocycles. The Kier molecular flexibility index (Phi) is 18.1. The molecule has 0 aliphatic rings. The van der Waals surface area contributed by atoms with Gasteiger partial charge in [-0.25, -0.2) is 9.59 Å². The van der Waals surface area contributed by atoms with Crippen molar-refractivity contribution in [2.75, 3.05) is 11.5 Å². The summed E-state index contributed by atoms with van der Waals surface area (Å²) in [6.07, 6.45) is 10.0. The first-order chi connectivity index (χ1) is 15.7. The molecule has 2 atom stereocenters. The molecule has 0 aromatic carbocycles. The van der Waals surface area contributed by atoms with Crippen LogP contribution in [0.2, 0.25) is 0 Å². The fourth-order valence-electron chi connectivity index (χ4n) is 2.75. The number of carboxylic acids is 1. The minimum atomic E-state index is -1.11. The van der Waals surface area contributed by atoms with E-state index in [0.717, 1.165) is 25.7 Å². The molecule has 0 rings (SSSR count). The van der Waals surface area contributed by atoms with Crippen LogP contribution in [0.15, 0.2) is 34.9 Å². The molecule has 0 spiro atoms. The number of amides is 2. The van der Waals surface area contributed by atoms with E-state index in [4.69, 9.17) is 4.74 Å². The summed E-state index contributed by atoms with van der Waals surface area (Å²) >= 11 is 1.44. The molecular weight excluding hydrogens is 464 g/mol. The van der Waals surface area contributed by atoms with Crippen molar-refractivity contribution in [3.8, 4) is 0 Å². The van der Waals surface area contributed by atoms with E-state index in [2.05, 4.69) is 56.6 Å². The lowest BCUT2D eigenvalue weighted by Crippen LogP contribution is -2.51. The van der Waals surface area contributed by atoms with Crippen LogP contribution in [-0.2, 0) is 14.3 Å². The third kappa shape index (κ3) is 19.7. The zero-order valence-corrected chi connectivity index (χ0v) is 22.9. The number of carboxylic acid groups (broad SMARTS) is 1. The van der Waals surface area contributed by atoms with Gasteiger partial charge in [-0.05, 0) is 81.1 Å². The van der Waals surface area contributed by atoms with Gasteiger partial charge in [-0.1, -0.05) is 42.4 Å². The molecule has 35 heavy (non-hydrogen) atoms. The van der Waals surface area contributed by atoms with Crippen LogP contribution in [0.25, 0.3) is 0 Å². The van der Waals surface area contributed by atoms with Crippen molar-refractivity contribution < 1.29 is 24.2 Å². The molecule has 0 fully saturated rings. The van der Waals surface area contributed by atoms with Crippen LogP contribution in [0.3, 0.4) is 0 Å². The highest BCUT2D eigenvalue weighted by atomic mass is 32.2. The van der Waals surface area contributed by atoms with E-state index in [1.165, 1.54) is 35.4 Å². The Morgan fingerprint density at radius 1 is 0.943 bits per heavy atom. The average molecular weight is 513 g/mol. The first kappa shape index (κ1) is 34.9. The Bertz CT molecular complexity index is 762. The van der Waals surface area contributed by atoms with E-state index < -0.39 is 35.7 Å². The Morgan fingerprint density at radius 3 is 2.00 bits per heavy atom. The summed E-state index contributed by atoms with van der Waals surface area (Å²) in [5.74, 6) is -0.787. The molecule has 3 N–H and O–H groups in total. The van der Waals surface area contributed by atoms with Gasteiger partial charge in [0.1, 0.15) is 17.7 Å². The summed E-state index contributed by atoms with van der Waals surface area (Å²) in [7, 11) is 0. The quantitative estimate of drug-likeness (QED) is 0.187. The van der Waals surface area contributed by atoms with Crippen LogP contribution in [0.4, 0.5) is 4.79 Å². The van der Waals surface area contributed by atoms with Gasteiger partial charge in [0, 0.05) is 11.5 Å². The summed E-state index contributed by atoms with van der Waals surface area (Å²) < 4.78 is 5.12. The van der Waals surface area contributed by atoms with Crippen molar-refractivity contribution in [3.63, 3.8) is 0 Å². The first-order valence-corrected chi connectivity index (χ1v) is 12.9. The molecule has 0 aliphatic carbocycles. The molecule has 2 amide bonds. The molecule has 7 nitrogen and oxygen atoms in total. The maximum atomic E-state index is 12.3. The van der Waals surface area contributed by atoms with Gasteiger partial charge in [-0.2, -0.15) is 11.8 Å². The van der Waals surface area contributed by atoms with Gasteiger partial charge >= 0.3 is 12.1 Å². The fourth-order valence-corrected chi connectivity index (χ4v) is 3.75. The number of nitrogens with one attached hydrogen (secondary N) is 2. The molecular formula is C27H48N2O5S. The van der Waals surface area contributed by atoms with Gasteiger partial charge < -0.3 is 20.5 Å². The Morgan fingerprint density at radius 2 is 1.49 bits per heavy atom. The number of rotatable bonds is 14. The molecule has 202 valence electrons. The third-order valence-corrected chi connectivity index (χ3v) is 5.67. The zero-order valence-electron chi connectivity index (χ0n) is 22.1. The van der Waals surface area contributed by atoms with E-state index in [0.29, 0.717) is 5.75 Å². The number of hydrogen-bond donors (Lipinski definition) is 3. The number of alkyl carbamates (subject to hydrolysis) is 1. The zero-order chi connectivity index (χ0) is 26.3. The maximum absolute atomic E-state index is 12.3. The minimum Gasteiger partial charge on any atom is -0.480 e. The van der Waals surface area contributed by atoms with Crippen molar-refractivity contribution in [2.24, 2.45) is 0 Å². The van der Waals surface area contributed by atoms with E-state index >= 15 is 0 Å². The highest BCUT2D eigenvalue weighted by Gasteiger charge is 2.25. The predicted molar refractivity (Wildman–Crippen MR) is 148 cm³/mol. The van der Waals surface area contributed by atoms with E-state index in [1.54, 1.807) is 20.8 Å². The number of thioether (sulfide) groups is 1. The number of carbonyl (C=O) groups excluding carboxylic acids is 2. The molecule has 0 unspecified atom stereocenters. The topological polar surface area (TPSA) is 105 Å². The fraction of sp³-hybridized carbons (Fsp3) is 0.667. The number of hydrogen-bond acceptors (Lipinski definition) is 5. The van der Waals surface area contributed by atoms with E-state index in [9.17, 15) is 19.5 Å². The van der Waals surface area contributed by atoms with Crippen molar-refractivity contribution in [1.82, 2.24) is 10.6 Å². The summed E-state index contributed by atoms with van der Waals surface area (Å²) in [5, 5.41) is 14.3. The standard InChI is InChI=1S/C26H44N2O5S.CH4/c1-18(2)11-9-12-19(3)13-10-14-20(4)15-16-34-17-22(24(30)31)28-23(29)21(5)27-25(32)33-26(6,7)8;/h11,13,15,21-22H,9-10,12,14,16-17H2,1-8H3,(H,27,32)(H,28,29)(H,30,31);1H4/b19-13+,20-15+;/t21-,22-;/m0./s1. The first-order valence-electron chi connectivity index (χ1n) is 11.8. The lowest BCUT2D eigenvalue weighted by Gasteiger charge is -2.22. The molecule has 0 aliphatic heterocycles. The molecule has 0 saturated carbocycles. The number of allylic oxidation sites excluding steroid dienone is 5. The van der Waals surface area contributed by atoms with E-state index in [1.807, 2.05) is 0 Å². The monoisotopic (exact) mass is 512 g/mol. The van der Waals surface area contributed by atoms with Gasteiger partial charge in [-0.15, -0.1) is 0 Å². The second-order valence-electron chi connectivity index (χ2n) is 9.76. The van der Waals surface area contributed by atoms with Crippen LogP contribution in [-0.4, -0.2) is 52.3 Å². The minimum absolute atomic E-state index is 0. The van der Waals surface area contributed by atoms with Crippen molar-refractivity contribution in [3.05, 3.63) is 34.9 Å². The van der Waals surface area contributed by atoms with Gasteiger partial charge in [0.25, 0.3) is 0 Å². The van der Waals surface area contributed by atoms with E-state index in [-0.39, 0.29) is 13.2 Å². The summed E-state index contributed by atoms with van der Waals surface area (Å²) in [6.45, 7) is 15.1. The largest absolute Gasteiger partial charge is 0.480 e. The second kappa shape index (κ2) is 18.1. The van der Waals surface area contributed by atoms with Crippen molar-refractivity contribution in [2.45, 2.75) is 106 Å². The van der Waals surface area contributed by atoms with Crippen molar-refractivity contribution in [1.29, 1.82) is 0 Å². The highest BCUT2D eigenvalue weighted by Crippen LogP contribution is 2.13. The molecule has 0 aromatic rings. The third-order valence-electron chi connectivity index (χ3n) is 4.70. The molecule has 0 aromatic heterocycles. The Hall–Kier alpha value is -2.22. The summed E-state index contributed by atoms with van der Waals surface area (Å²) in [6, 6.07) is -1.96. The average Bonchev–Trinajstić information content (AvgIpc) is 2.67. The maximum Gasteiger partial charge on any atom is 0.408 e. The van der Waals surface area contributed by atoms with Crippen LogP contribution < -0.4 is 10.6 Å². The van der Waals surface area contributed by atoms with Crippen LogP contribution in [0.1, 0.15) is 88.5 Å². The van der Waals surface area contributed by atoms with Gasteiger partial charge in [0.05, 0.1) is 0 Å². The molecule has 0 bridgehead atoms. The Balaban J connectivity index is 0. The summed E-state index contributed by atoms with van der Waals surface area (Å²) in [5.41, 5.74) is 3.31. The van der Waals surface area contributed by atoms with Crippen LogP contribution in [0.5, 0.6) is 0 Å². The lowest BCUT2D eigenvalue weighted by atomic mass is 10.1. The molecule has 0 radical (unpaired) electrons.